The minimum absolute atomic E-state index is 0.477. The Morgan fingerprint density at radius 2 is 1.76 bits per heavy atom. The highest BCUT2D eigenvalue weighted by molar-refractivity contribution is 4.70. The van der Waals surface area contributed by atoms with Crippen molar-refractivity contribution in [2.45, 2.75) is 46.6 Å². The van der Waals surface area contributed by atoms with Gasteiger partial charge < -0.3 is 14.8 Å². The van der Waals surface area contributed by atoms with Crippen LogP contribution < -0.4 is 5.32 Å². The summed E-state index contributed by atoms with van der Waals surface area (Å²) in [5.74, 6) is 1.53. The fourth-order valence-corrected chi connectivity index (χ4v) is 2.25. The zero-order valence-electron chi connectivity index (χ0n) is 12.3. The van der Waals surface area contributed by atoms with Crippen molar-refractivity contribution in [3.63, 3.8) is 0 Å². The second kappa shape index (κ2) is 11.0. The molecule has 0 amide bonds. The van der Waals surface area contributed by atoms with Crippen molar-refractivity contribution in [2.75, 3.05) is 33.5 Å². The highest BCUT2D eigenvalue weighted by Gasteiger charge is 2.13. The van der Waals surface area contributed by atoms with Gasteiger partial charge in [-0.3, -0.25) is 0 Å². The predicted molar refractivity (Wildman–Crippen MR) is 73.4 cm³/mol. The molecule has 0 aliphatic carbocycles. The molecule has 2 atom stereocenters. The van der Waals surface area contributed by atoms with Gasteiger partial charge in [0.2, 0.25) is 0 Å². The zero-order chi connectivity index (χ0) is 13.1. The molecule has 0 heterocycles. The lowest BCUT2D eigenvalue weighted by Crippen LogP contribution is -2.35. The molecule has 0 aliphatic rings. The van der Waals surface area contributed by atoms with E-state index in [1.54, 1.807) is 7.11 Å². The lowest BCUT2D eigenvalue weighted by Gasteiger charge is -2.22. The topological polar surface area (TPSA) is 30.5 Å². The van der Waals surface area contributed by atoms with Gasteiger partial charge >= 0.3 is 0 Å². The maximum Gasteiger partial charge on any atom is 0.0701 e. The van der Waals surface area contributed by atoms with E-state index in [2.05, 4.69) is 33.0 Å². The first kappa shape index (κ1) is 16.9. The van der Waals surface area contributed by atoms with Gasteiger partial charge in [0.1, 0.15) is 0 Å². The molecule has 0 aliphatic heterocycles. The van der Waals surface area contributed by atoms with Gasteiger partial charge in [0.25, 0.3) is 0 Å². The van der Waals surface area contributed by atoms with Gasteiger partial charge in [0.15, 0.2) is 0 Å². The second-order valence-corrected chi connectivity index (χ2v) is 5.29. The molecule has 0 spiro atoms. The van der Waals surface area contributed by atoms with Crippen molar-refractivity contribution < 1.29 is 9.47 Å². The fourth-order valence-electron chi connectivity index (χ4n) is 2.25. The van der Waals surface area contributed by atoms with Crippen LogP contribution in [0.1, 0.15) is 40.5 Å². The maximum atomic E-state index is 5.61. The first-order valence-corrected chi connectivity index (χ1v) is 6.90. The minimum atomic E-state index is 0.477. The van der Waals surface area contributed by atoms with Crippen LogP contribution in [0, 0.1) is 11.8 Å². The van der Waals surface area contributed by atoms with E-state index in [9.17, 15) is 0 Å². The van der Waals surface area contributed by atoms with Gasteiger partial charge in [-0.2, -0.15) is 0 Å². The Labute approximate surface area is 107 Å². The SMILES string of the molecule is CCNC(COCCOC)CC(C)CC(C)C. The van der Waals surface area contributed by atoms with Gasteiger partial charge in [-0.05, 0) is 31.2 Å². The fraction of sp³-hybridized carbons (Fsp3) is 1.00. The minimum Gasteiger partial charge on any atom is -0.382 e. The normalized spacial score (nSPS) is 15.2. The van der Waals surface area contributed by atoms with Gasteiger partial charge in [-0.15, -0.1) is 0 Å². The number of likely N-dealkylation sites (N-methyl/N-ethyl adjacent to an activating group) is 1. The summed E-state index contributed by atoms with van der Waals surface area (Å²) in [6.07, 6.45) is 2.49. The lowest BCUT2D eigenvalue weighted by atomic mass is 9.93. The molecule has 0 saturated heterocycles. The van der Waals surface area contributed by atoms with Crippen LogP contribution in [-0.2, 0) is 9.47 Å². The van der Waals surface area contributed by atoms with Gasteiger partial charge in [-0.1, -0.05) is 27.7 Å². The Morgan fingerprint density at radius 1 is 1.06 bits per heavy atom. The third-order valence-corrected chi connectivity index (χ3v) is 2.80. The quantitative estimate of drug-likeness (QED) is 0.568. The monoisotopic (exact) mass is 245 g/mol. The third-order valence-electron chi connectivity index (χ3n) is 2.80. The van der Waals surface area contributed by atoms with Crippen molar-refractivity contribution in [1.29, 1.82) is 0 Å². The molecule has 3 nitrogen and oxygen atoms in total. The number of hydrogen-bond acceptors (Lipinski definition) is 3. The summed E-state index contributed by atoms with van der Waals surface area (Å²) in [7, 11) is 1.70. The van der Waals surface area contributed by atoms with Crippen LogP contribution in [0.3, 0.4) is 0 Å². The first-order valence-electron chi connectivity index (χ1n) is 6.90. The molecule has 0 aromatic heterocycles. The lowest BCUT2D eigenvalue weighted by molar-refractivity contribution is 0.0550. The van der Waals surface area contributed by atoms with E-state index in [-0.39, 0.29) is 0 Å². The summed E-state index contributed by atoms with van der Waals surface area (Å²) in [6, 6.07) is 0.477. The van der Waals surface area contributed by atoms with E-state index in [4.69, 9.17) is 9.47 Å². The molecular weight excluding hydrogens is 214 g/mol. The van der Waals surface area contributed by atoms with Gasteiger partial charge in [0.05, 0.1) is 19.8 Å². The standard InChI is InChI=1S/C14H31NO2/c1-6-15-14(11-17-8-7-16-5)10-13(4)9-12(2)3/h12-15H,6-11H2,1-5H3. The summed E-state index contributed by atoms with van der Waals surface area (Å²) in [4.78, 5) is 0. The molecule has 0 bridgehead atoms. The van der Waals surface area contributed by atoms with Crippen LogP contribution in [0.25, 0.3) is 0 Å². The molecule has 17 heavy (non-hydrogen) atoms. The summed E-state index contributed by atoms with van der Waals surface area (Å²) >= 11 is 0. The van der Waals surface area contributed by atoms with Crippen molar-refractivity contribution in [2.24, 2.45) is 11.8 Å². The zero-order valence-corrected chi connectivity index (χ0v) is 12.3. The molecule has 0 fully saturated rings. The van der Waals surface area contributed by atoms with E-state index in [1.165, 1.54) is 12.8 Å². The Morgan fingerprint density at radius 3 is 2.29 bits per heavy atom. The van der Waals surface area contributed by atoms with Gasteiger partial charge in [-0.25, -0.2) is 0 Å². The summed E-state index contributed by atoms with van der Waals surface area (Å²) in [6.45, 7) is 12.2. The molecule has 0 saturated carbocycles. The molecule has 0 aromatic carbocycles. The van der Waals surface area contributed by atoms with E-state index in [0.29, 0.717) is 19.3 Å². The van der Waals surface area contributed by atoms with Crippen LogP contribution in [-0.4, -0.2) is 39.5 Å². The molecule has 0 rings (SSSR count). The van der Waals surface area contributed by atoms with E-state index in [0.717, 1.165) is 25.0 Å². The Bertz CT molecular complexity index is 162. The van der Waals surface area contributed by atoms with Crippen LogP contribution in [0.2, 0.25) is 0 Å². The summed E-state index contributed by atoms with van der Waals surface area (Å²) in [5.41, 5.74) is 0. The van der Waals surface area contributed by atoms with Crippen LogP contribution >= 0.6 is 0 Å². The molecule has 3 heteroatoms. The van der Waals surface area contributed by atoms with Crippen molar-refractivity contribution in [1.82, 2.24) is 5.32 Å². The molecule has 104 valence electrons. The van der Waals surface area contributed by atoms with E-state index in [1.807, 2.05) is 0 Å². The highest BCUT2D eigenvalue weighted by Crippen LogP contribution is 2.16. The smallest absolute Gasteiger partial charge is 0.0701 e. The summed E-state index contributed by atoms with van der Waals surface area (Å²) < 4.78 is 10.6. The molecular formula is C14H31NO2. The second-order valence-electron chi connectivity index (χ2n) is 5.29. The van der Waals surface area contributed by atoms with Gasteiger partial charge in [0, 0.05) is 13.2 Å². The third kappa shape index (κ3) is 10.7. The molecule has 1 N–H and O–H groups in total. The van der Waals surface area contributed by atoms with Crippen LogP contribution in [0.15, 0.2) is 0 Å². The Balaban J connectivity index is 3.79. The van der Waals surface area contributed by atoms with Crippen LogP contribution in [0.5, 0.6) is 0 Å². The van der Waals surface area contributed by atoms with Crippen LogP contribution in [0.4, 0.5) is 0 Å². The number of rotatable bonds is 11. The van der Waals surface area contributed by atoms with E-state index < -0.39 is 0 Å². The van der Waals surface area contributed by atoms with E-state index >= 15 is 0 Å². The largest absolute Gasteiger partial charge is 0.382 e. The van der Waals surface area contributed by atoms with Crippen molar-refractivity contribution in [3.05, 3.63) is 0 Å². The first-order chi connectivity index (χ1) is 8.10. The Hall–Kier alpha value is -0.120. The molecule has 2 unspecified atom stereocenters. The molecule has 0 radical (unpaired) electrons. The van der Waals surface area contributed by atoms with Crippen molar-refractivity contribution >= 4 is 0 Å². The predicted octanol–water partition coefficient (Wildman–Crippen LogP) is 2.70. The average molecular weight is 245 g/mol. The number of methoxy groups -OCH3 is 1. The summed E-state index contributed by atoms with van der Waals surface area (Å²) in [5, 5.41) is 3.50. The average Bonchev–Trinajstić information content (AvgIpc) is 2.23. The highest BCUT2D eigenvalue weighted by atomic mass is 16.5. The maximum absolute atomic E-state index is 5.61. The number of hydrogen-bond donors (Lipinski definition) is 1. The van der Waals surface area contributed by atoms with Crippen molar-refractivity contribution in [3.8, 4) is 0 Å². The Kier molecular flexibility index (Phi) is 10.9. The number of nitrogens with one attached hydrogen (secondary N) is 1. The number of ether oxygens (including phenoxy) is 2. The molecule has 0 aromatic rings.